The number of rotatable bonds is 2. The van der Waals surface area contributed by atoms with E-state index in [4.69, 9.17) is 5.73 Å². The molecule has 1 aliphatic heterocycles. The molecule has 3 rings (SSSR count). The first-order chi connectivity index (χ1) is 11.3. The Kier molecular flexibility index (Phi) is 3.27. The Labute approximate surface area is 137 Å². The normalized spacial score (nSPS) is 13.4. The summed E-state index contributed by atoms with van der Waals surface area (Å²) in [5, 5.41) is 11.4. The Bertz CT molecular complexity index is 996. The van der Waals surface area contributed by atoms with Crippen LogP contribution in [-0.2, 0) is 5.41 Å². The monoisotopic (exact) mass is 322 g/mol. The molecule has 0 unspecified atom stereocenters. The maximum atomic E-state index is 12.4. The van der Waals surface area contributed by atoms with Crippen molar-refractivity contribution in [1.29, 1.82) is 5.26 Å². The highest BCUT2D eigenvalue weighted by molar-refractivity contribution is 6.23. The number of nitrogen functional groups attached to an aromatic ring is 1. The molecule has 7 nitrogen and oxygen atoms in total. The van der Waals surface area contributed by atoms with Gasteiger partial charge in [0, 0.05) is 6.07 Å². The molecule has 0 saturated heterocycles. The third-order valence-corrected chi connectivity index (χ3v) is 4.06. The van der Waals surface area contributed by atoms with E-state index in [2.05, 4.69) is 11.4 Å². The van der Waals surface area contributed by atoms with E-state index in [0.717, 1.165) is 10.6 Å². The summed E-state index contributed by atoms with van der Waals surface area (Å²) in [6, 6.07) is 10.1. The van der Waals surface area contributed by atoms with Crippen molar-refractivity contribution in [3.05, 3.63) is 57.4 Å². The summed E-state index contributed by atoms with van der Waals surface area (Å²) >= 11 is 0. The summed E-state index contributed by atoms with van der Waals surface area (Å²) in [6.07, 6.45) is 0. The molecule has 0 fully saturated rings. The number of nitriles is 1. The van der Waals surface area contributed by atoms with Gasteiger partial charge in [-0.05, 0) is 31.5 Å². The Morgan fingerprint density at radius 3 is 2.54 bits per heavy atom. The van der Waals surface area contributed by atoms with Gasteiger partial charge in [-0.1, -0.05) is 12.1 Å². The topological polar surface area (TPSA) is 118 Å². The Morgan fingerprint density at radius 1 is 1.17 bits per heavy atom. The smallest absolute Gasteiger partial charge is 0.262 e. The van der Waals surface area contributed by atoms with Crippen molar-refractivity contribution in [3.8, 4) is 11.8 Å². The molecule has 120 valence electrons. The largest absolute Gasteiger partial charge is 0.384 e. The van der Waals surface area contributed by atoms with Gasteiger partial charge in [0.2, 0.25) is 0 Å². The summed E-state index contributed by atoms with van der Waals surface area (Å²) in [7, 11) is 0. The lowest BCUT2D eigenvalue weighted by atomic mass is 9.86. The van der Waals surface area contributed by atoms with Crippen molar-refractivity contribution in [3.63, 3.8) is 0 Å². The van der Waals surface area contributed by atoms with E-state index in [-0.39, 0.29) is 16.9 Å². The molecule has 2 amide bonds. The Hall–Kier alpha value is -3.40. The Morgan fingerprint density at radius 2 is 1.88 bits per heavy atom. The van der Waals surface area contributed by atoms with Crippen LogP contribution >= 0.6 is 0 Å². The predicted molar refractivity (Wildman–Crippen MR) is 86.9 cm³/mol. The quantitative estimate of drug-likeness (QED) is 0.803. The van der Waals surface area contributed by atoms with Crippen molar-refractivity contribution >= 4 is 17.6 Å². The zero-order valence-electron chi connectivity index (χ0n) is 13.1. The summed E-state index contributed by atoms with van der Waals surface area (Å²) in [6.45, 7) is 3.51. The molecule has 0 spiro atoms. The summed E-state index contributed by atoms with van der Waals surface area (Å²) < 4.78 is 1.16. The zero-order chi connectivity index (χ0) is 17.6. The fourth-order valence-corrected chi connectivity index (χ4v) is 2.64. The van der Waals surface area contributed by atoms with E-state index in [1.807, 2.05) is 0 Å². The first-order valence-electron chi connectivity index (χ1n) is 7.19. The van der Waals surface area contributed by atoms with Crippen molar-refractivity contribution in [1.82, 2.24) is 9.88 Å². The number of benzene rings is 1. The lowest BCUT2D eigenvalue weighted by Gasteiger charge is -2.18. The fraction of sp³-hybridized carbons (Fsp3) is 0.176. The number of nitrogens with one attached hydrogen (secondary N) is 1. The second-order valence-electron chi connectivity index (χ2n) is 6.06. The van der Waals surface area contributed by atoms with Gasteiger partial charge < -0.3 is 5.73 Å². The van der Waals surface area contributed by atoms with Gasteiger partial charge >= 0.3 is 0 Å². The van der Waals surface area contributed by atoms with E-state index in [1.54, 1.807) is 38.1 Å². The minimum atomic E-state index is -0.752. The predicted octanol–water partition coefficient (Wildman–Crippen LogP) is 1.10. The average molecular weight is 322 g/mol. The van der Waals surface area contributed by atoms with Crippen LogP contribution < -0.4 is 16.6 Å². The molecular weight excluding hydrogens is 308 g/mol. The van der Waals surface area contributed by atoms with E-state index < -0.39 is 22.8 Å². The maximum Gasteiger partial charge on any atom is 0.262 e. The molecule has 7 heteroatoms. The highest BCUT2D eigenvalue weighted by Crippen LogP contribution is 2.26. The van der Waals surface area contributed by atoms with Gasteiger partial charge in [0.1, 0.15) is 5.82 Å². The molecule has 1 aromatic heterocycles. The highest BCUT2D eigenvalue weighted by Gasteiger charge is 2.32. The molecule has 0 bridgehead atoms. The van der Waals surface area contributed by atoms with E-state index in [9.17, 15) is 19.6 Å². The van der Waals surface area contributed by atoms with Crippen LogP contribution in [0.4, 0.5) is 5.82 Å². The minimum Gasteiger partial charge on any atom is -0.384 e. The summed E-state index contributed by atoms with van der Waals surface area (Å²) in [5.41, 5.74) is 5.82. The number of carbonyl (C=O) groups excluding carboxylic acids is 2. The number of amides is 2. The van der Waals surface area contributed by atoms with E-state index >= 15 is 0 Å². The van der Waals surface area contributed by atoms with Crippen LogP contribution in [0.3, 0.4) is 0 Å². The van der Waals surface area contributed by atoms with Crippen LogP contribution in [0.1, 0.15) is 40.1 Å². The van der Waals surface area contributed by atoms with Gasteiger partial charge in [0.05, 0.1) is 28.3 Å². The van der Waals surface area contributed by atoms with Crippen molar-refractivity contribution in [2.45, 2.75) is 19.3 Å². The zero-order valence-corrected chi connectivity index (χ0v) is 13.1. The van der Waals surface area contributed by atoms with Crippen LogP contribution in [0.2, 0.25) is 0 Å². The number of pyridine rings is 1. The number of hydrogen-bond donors (Lipinski definition) is 2. The van der Waals surface area contributed by atoms with Gasteiger partial charge in [-0.15, -0.1) is 0 Å². The number of nitrogens with two attached hydrogens (primary N) is 1. The second kappa shape index (κ2) is 5.06. The lowest BCUT2D eigenvalue weighted by Crippen LogP contribution is -2.24. The van der Waals surface area contributed by atoms with Crippen LogP contribution in [0, 0.1) is 11.3 Å². The minimum absolute atomic E-state index is 0.00968. The van der Waals surface area contributed by atoms with Gasteiger partial charge in [-0.25, -0.2) is 0 Å². The molecule has 1 aliphatic rings. The lowest BCUT2D eigenvalue weighted by molar-refractivity contribution is 0.0880. The van der Waals surface area contributed by atoms with Crippen molar-refractivity contribution in [2.75, 3.05) is 5.73 Å². The van der Waals surface area contributed by atoms with Crippen LogP contribution in [-0.4, -0.2) is 16.4 Å². The van der Waals surface area contributed by atoms with Gasteiger partial charge in [0.25, 0.3) is 17.4 Å². The number of anilines is 1. The summed E-state index contributed by atoms with van der Waals surface area (Å²) in [5.74, 6) is -1.37. The van der Waals surface area contributed by atoms with Crippen LogP contribution in [0.15, 0.2) is 35.1 Å². The molecule has 0 aliphatic carbocycles. The standard InChI is InChI=1S/C17H14N4O3/c1-17(2,8-18)9-4-3-5-10(6-9)21-12(22)7-11-13(14(21)19)16(24)20-15(11)23/h3-7H,19H2,1-2H3,(H,20,23,24). The van der Waals surface area contributed by atoms with Crippen molar-refractivity contribution < 1.29 is 9.59 Å². The van der Waals surface area contributed by atoms with E-state index in [1.165, 1.54) is 0 Å². The third-order valence-electron chi connectivity index (χ3n) is 4.06. The van der Waals surface area contributed by atoms with Gasteiger partial charge in [0.15, 0.2) is 0 Å². The highest BCUT2D eigenvalue weighted by atomic mass is 16.2. The van der Waals surface area contributed by atoms with Gasteiger partial charge in [-0.2, -0.15) is 5.26 Å². The molecule has 1 aromatic carbocycles. The number of imide groups is 1. The number of fused-ring (bicyclic) bond motifs is 1. The van der Waals surface area contributed by atoms with Crippen molar-refractivity contribution in [2.24, 2.45) is 0 Å². The Balaban J connectivity index is 2.27. The average Bonchev–Trinajstić information content (AvgIpc) is 2.82. The SMILES string of the molecule is CC(C)(C#N)c1cccc(-n2c(N)c3c(cc2=O)C(=O)NC3=O)c1. The molecule has 2 heterocycles. The molecule has 0 atom stereocenters. The number of aromatic nitrogens is 1. The van der Waals surface area contributed by atoms with Crippen LogP contribution in [0.25, 0.3) is 5.69 Å². The van der Waals surface area contributed by atoms with Gasteiger partial charge in [-0.3, -0.25) is 24.3 Å². The molecule has 3 N–H and O–H groups in total. The van der Waals surface area contributed by atoms with Crippen LogP contribution in [0.5, 0.6) is 0 Å². The fourth-order valence-electron chi connectivity index (χ4n) is 2.64. The molecular formula is C17H14N4O3. The number of carbonyl (C=O) groups is 2. The first kappa shape index (κ1) is 15.5. The molecule has 0 saturated carbocycles. The first-order valence-corrected chi connectivity index (χ1v) is 7.19. The second-order valence-corrected chi connectivity index (χ2v) is 6.06. The van der Waals surface area contributed by atoms with E-state index in [0.29, 0.717) is 11.3 Å². The molecule has 24 heavy (non-hydrogen) atoms. The maximum absolute atomic E-state index is 12.4. The summed E-state index contributed by atoms with van der Waals surface area (Å²) in [4.78, 5) is 36.0. The number of hydrogen-bond acceptors (Lipinski definition) is 5. The molecule has 0 radical (unpaired) electrons. The number of nitrogens with zero attached hydrogens (tertiary/aromatic N) is 2. The molecule has 2 aromatic rings. The third kappa shape index (κ3) is 2.16.